The van der Waals surface area contributed by atoms with Crippen LogP contribution in [0.2, 0.25) is 5.02 Å². The number of alkyl halides is 2. The lowest BCUT2D eigenvalue weighted by Gasteiger charge is -2.40. The number of carboxylic acid groups (broad SMARTS) is 1. The monoisotopic (exact) mass is 466 g/mol. The SMILES string of the molecule is CC(C)c1ccccc1C1(C(=O)Nc2ncc(Cl)cc2OC(F)F)CCC(C(=O)O)CC1. The molecule has 0 radical (unpaired) electrons. The average molecular weight is 467 g/mol. The molecule has 3 rings (SSSR count). The van der Waals surface area contributed by atoms with Crippen LogP contribution >= 0.6 is 11.6 Å². The van der Waals surface area contributed by atoms with Crippen LogP contribution in [0.15, 0.2) is 36.5 Å². The van der Waals surface area contributed by atoms with E-state index in [1.807, 2.05) is 38.1 Å². The fourth-order valence-corrected chi connectivity index (χ4v) is 4.49. The van der Waals surface area contributed by atoms with Crippen LogP contribution in [-0.2, 0) is 15.0 Å². The Bertz CT molecular complexity index is 992. The minimum atomic E-state index is -3.12. The molecule has 0 saturated heterocycles. The third-order valence-corrected chi connectivity index (χ3v) is 6.20. The van der Waals surface area contributed by atoms with E-state index < -0.39 is 29.8 Å². The smallest absolute Gasteiger partial charge is 0.387 e. The number of rotatable bonds is 7. The molecule has 6 nitrogen and oxygen atoms in total. The summed E-state index contributed by atoms with van der Waals surface area (Å²) in [5.41, 5.74) is 0.752. The van der Waals surface area contributed by atoms with Gasteiger partial charge in [-0.3, -0.25) is 9.59 Å². The number of carboxylic acids is 1. The molecule has 172 valence electrons. The fourth-order valence-electron chi connectivity index (χ4n) is 4.34. The second kappa shape index (κ2) is 9.81. The highest BCUT2D eigenvalue weighted by Crippen LogP contribution is 2.45. The standard InChI is InChI=1S/C23H25ClF2N2O4/c1-13(2)16-5-3-4-6-17(16)23(9-7-14(8-10-23)20(29)30)21(31)28-19-18(32-22(25)26)11-15(24)12-27-19/h3-6,11-14,22H,7-10H2,1-2H3,(H,29,30)(H,27,28,31). The summed E-state index contributed by atoms with van der Waals surface area (Å²) in [6.45, 7) is 0.915. The molecule has 32 heavy (non-hydrogen) atoms. The summed E-state index contributed by atoms with van der Waals surface area (Å²) in [5.74, 6) is -2.24. The Morgan fingerprint density at radius 2 is 1.91 bits per heavy atom. The van der Waals surface area contributed by atoms with Crippen molar-refractivity contribution in [1.29, 1.82) is 0 Å². The van der Waals surface area contributed by atoms with Crippen molar-refractivity contribution in [2.24, 2.45) is 5.92 Å². The van der Waals surface area contributed by atoms with Gasteiger partial charge >= 0.3 is 12.6 Å². The molecule has 1 aromatic heterocycles. The van der Waals surface area contributed by atoms with E-state index in [1.165, 1.54) is 6.20 Å². The van der Waals surface area contributed by atoms with Gasteiger partial charge in [0.25, 0.3) is 0 Å². The van der Waals surface area contributed by atoms with E-state index in [9.17, 15) is 23.5 Å². The molecule has 0 atom stereocenters. The minimum Gasteiger partial charge on any atom is -0.481 e. The number of hydrogen-bond acceptors (Lipinski definition) is 4. The van der Waals surface area contributed by atoms with Crippen LogP contribution in [0.5, 0.6) is 5.75 Å². The van der Waals surface area contributed by atoms with E-state index in [0.29, 0.717) is 25.7 Å². The predicted molar refractivity (Wildman–Crippen MR) is 116 cm³/mol. The number of aromatic nitrogens is 1. The highest BCUT2D eigenvalue weighted by molar-refractivity contribution is 6.30. The first-order valence-electron chi connectivity index (χ1n) is 10.4. The van der Waals surface area contributed by atoms with E-state index in [1.54, 1.807) is 0 Å². The van der Waals surface area contributed by atoms with Crippen LogP contribution in [0.4, 0.5) is 14.6 Å². The summed E-state index contributed by atoms with van der Waals surface area (Å²) in [6, 6.07) is 8.71. The van der Waals surface area contributed by atoms with Gasteiger partial charge in [-0.05, 0) is 42.7 Å². The van der Waals surface area contributed by atoms with Gasteiger partial charge in [0, 0.05) is 12.3 Å². The molecule has 0 bridgehead atoms. The van der Waals surface area contributed by atoms with Crippen molar-refractivity contribution >= 4 is 29.3 Å². The van der Waals surface area contributed by atoms with Gasteiger partial charge in [-0.1, -0.05) is 49.7 Å². The predicted octanol–water partition coefficient (Wildman–Crippen LogP) is 5.61. The molecule has 1 aromatic carbocycles. The van der Waals surface area contributed by atoms with Crippen molar-refractivity contribution in [2.75, 3.05) is 5.32 Å². The number of ether oxygens (including phenoxy) is 1. The van der Waals surface area contributed by atoms with Crippen molar-refractivity contribution in [2.45, 2.75) is 57.5 Å². The number of halogens is 3. The highest BCUT2D eigenvalue weighted by atomic mass is 35.5. The lowest BCUT2D eigenvalue weighted by molar-refractivity contribution is -0.144. The van der Waals surface area contributed by atoms with Crippen LogP contribution < -0.4 is 10.1 Å². The number of benzene rings is 1. The third kappa shape index (κ3) is 5.01. The number of carbonyl (C=O) groups is 2. The summed E-state index contributed by atoms with van der Waals surface area (Å²) in [6.07, 6.45) is 2.48. The molecule has 2 N–H and O–H groups in total. The normalized spacial score (nSPS) is 20.9. The van der Waals surface area contributed by atoms with Gasteiger partial charge in [0.2, 0.25) is 5.91 Å². The Hall–Kier alpha value is -2.74. The Morgan fingerprint density at radius 3 is 2.50 bits per heavy atom. The third-order valence-electron chi connectivity index (χ3n) is 5.99. The maximum atomic E-state index is 13.7. The summed E-state index contributed by atoms with van der Waals surface area (Å²) in [4.78, 5) is 29.2. The zero-order valence-electron chi connectivity index (χ0n) is 17.8. The first-order valence-corrected chi connectivity index (χ1v) is 10.8. The Morgan fingerprint density at radius 1 is 1.25 bits per heavy atom. The van der Waals surface area contributed by atoms with Crippen molar-refractivity contribution < 1.29 is 28.2 Å². The number of pyridine rings is 1. The zero-order chi connectivity index (χ0) is 23.5. The maximum absolute atomic E-state index is 13.7. The summed E-state index contributed by atoms with van der Waals surface area (Å²) in [5, 5.41) is 12.2. The Balaban J connectivity index is 2.02. The number of nitrogens with one attached hydrogen (secondary N) is 1. The number of aliphatic carboxylic acids is 1. The number of anilines is 1. The highest BCUT2D eigenvalue weighted by Gasteiger charge is 2.46. The van der Waals surface area contributed by atoms with Crippen LogP contribution in [0.25, 0.3) is 0 Å². The van der Waals surface area contributed by atoms with E-state index in [4.69, 9.17) is 11.6 Å². The van der Waals surface area contributed by atoms with Gasteiger partial charge in [0.1, 0.15) is 0 Å². The average Bonchev–Trinajstić information content (AvgIpc) is 2.75. The molecule has 0 unspecified atom stereocenters. The molecule has 0 spiro atoms. The van der Waals surface area contributed by atoms with Crippen molar-refractivity contribution in [3.05, 3.63) is 52.7 Å². The molecule has 0 aliphatic heterocycles. The van der Waals surface area contributed by atoms with Gasteiger partial charge in [-0.15, -0.1) is 0 Å². The molecule has 1 saturated carbocycles. The first kappa shape index (κ1) is 23.9. The summed E-state index contributed by atoms with van der Waals surface area (Å²) in [7, 11) is 0. The molecule has 1 aliphatic carbocycles. The summed E-state index contributed by atoms with van der Waals surface area (Å²) < 4.78 is 30.2. The zero-order valence-corrected chi connectivity index (χ0v) is 18.5. The van der Waals surface area contributed by atoms with Crippen LogP contribution in [0, 0.1) is 5.92 Å². The summed E-state index contributed by atoms with van der Waals surface area (Å²) >= 11 is 5.85. The van der Waals surface area contributed by atoms with E-state index in [0.717, 1.165) is 17.2 Å². The first-order chi connectivity index (χ1) is 15.1. The number of amides is 1. The second-order valence-electron chi connectivity index (χ2n) is 8.27. The van der Waals surface area contributed by atoms with Crippen LogP contribution in [0.1, 0.15) is 56.6 Å². The lowest BCUT2D eigenvalue weighted by atomic mass is 9.64. The number of carbonyl (C=O) groups excluding carboxylic acids is 1. The van der Waals surface area contributed by atoms with E-state index in [2.05, 4.69) is 15.0 Å². The molecular formula is C23H25ClF2N2O4. The van der Waals surface area contributed by atoms with Crippen molar-refractivity contribution in [1.82, 2.24) is 4.98 Å². The van der Waals surface area contributed by atoms with Gasteiger partial charge in [-0.25, -0.2) is 4.98 Å². The molecule has 1 heterocycles. The largest absolute Gasteiger partial charge is 0.481 e. The van der Waals surface area contributed by atoms with Crippen molar-refractivity contribution in [3.63, 3.8) is 0 Å². The minimum absolute atomic E-state index is 0.0838. The molecule has 2 aromatic rings. The van der Waals surface area contributed by atoms with Crippen LogP contribution in [-0.4, -0.2) is 28.6 Å². The van der Waals surface area contributed by atoms with E-state index >= 15 is 0 Å². The number of nitrogens with zero attached hydrogens (tertiary/aromatic N) is 1. The fraction of sp³-hybridized carbons (Fsp3) is 0.435. The quantitative estimate of drug-likeness (QED) is 0.553. The molecule has 1 aliphatic rings. The van der Waals surface area contributed by atoms with Crippen molar-refractivity contribution in [3.8, 4) is 5.75 Å². The lowest BCUT2D eigenvalue weighted by Crippen LogP contribution is -2.45. The Labute approximate surface area is 189 Å². The van der Waals surface area contributed by atoms with Gasteiger partial charge in [0.15, 0.2) is 11.6 Å². The second-order valence-corrected chi connectivity index (χ2v) is 8.71. The number of hydrogen-bond donors (Lipinski definition) is 2. The van der Waals surface area contributed by atoms with Gasteiger partial charge < -0.3 is 15.2 Å². The molecule has 9 heteroatoms. The van der Waals surface area contributed by atoms with Gasteiger partial charge in [-0.2, -0.15) is 8.78 Å². The molecule has 1 fully saturated rings. The Kier molecular flexibility index (Phi) is 7.33. The van der Waals surface area contributed by atoms with E-state index in [-0.39, 0.29) is 22.5 Å². The maximum Gasteiger partial charge on any atom is 0.387 e. The van der Waals surface area contributed by atoms with Crippen LogP contribution in [0.3, 0.4) is 0 Å². The molecular weight excluding hydrogens is 442 g/mol. The van der Waals surface area contributed by atoms with Gasteiger partial charge in [0.05, 0.1) is 16.4 Å². The molecule has 1 amide bonds. The topological polar surface area (TPSA) is 88.5 Å².